The Balaban J connectivity index is 1.48. The number of ether oxygens (including phenoxy) is 2. The lowest BCUT2D eigenvalue weighted by molar-refractivity contribution is -0.138. The first-order valence-corrected chi connectivity index (χ1v) is 8.52. The number of fused-ring (bicyclic) bond motifs is 1. The number of hydrogen-bond donors (Lipinski definition) is 0. The number of aromatic nitrogens is 2. The molecule has 0 saturated carbocycles. The standard InChI is InChI=1S/C19H14Cl2N2O3/c20-13-5-7-18(15(21)11-13)25-9-10-26-19(24)8-6-14-12-22-16-3-1-2-4-17(16)23-14/h1-8,11-12H,9-10H2/b8-6+. The van der Waals surface area contributed by atoms with Gasteiger partial charge in [0.25, 0.3) is 0 Å². The predicted octanol–water partition coefficient (Wildman–Crippen LogP) is 4.57. The Labute approximate surface area is 160 Å². The molecule has 0 aliphatic carbocycles. The Morgan fingerprint density at radius 3 is 2.69 bits per heavy atom. The van der Waals surface area contributed by atoms with Gasteiger partial charge in [-0.1, -0.05) is 35.3 Å². The Hall–Kier alpha value is -2.63. The molecule has 0 aliphatic rings. The van der Waals surface area contributed by atoms with Crippen LogP contribution in [-0.2, 0) is 9.53 Å². The van der Waals surface area contributed by atoms with Crippen LogP contribution in [0.4, 0.5) is 0 Å². The maximum atomic E-state index is 11.7. The van der Waals surface area contributed by atoms with Gasteiger partial charge in [0.1, 0.15) is 19.0 Å². The van der Waals surface area contributed by atoms with Gasteiger partial charge in [-0.15, -0.1) is 0 Å². The van der Waals surface area contributed by atoms with Crippen LogP contribution in [0.25, 0.3) is 17.1 Å². The summed E-state index contributed by atoms with van der Waals surface area (Å²) in [5, 5.41) is 0.925. The van der Waals surface area contributed by atoms with Gasteiger partial charge in [0.15, 0.2) is 0 Å². The van der Waals surface area contributed by atoms with Crippen LogP contribution in [-0.4, -0.2) is 29.2 Å². The largest absolute Gasteiger partial charge is 0.488 e. The van der Waals surface area contributed by atoms with Gasteiger partial charge in [-0.2, -0.15) is 0 Å². The summed E-state index contributed by atoms with van der Waals surface area (Å²) in [6.07, 6.45) is 4.45. The fourth-order valence-electron chi connectivity index (χ4n) is 2.14. The van der Waals surface area contributed by atoms with E-state index in [2.05, 4.69) is 9.97 Å². The van der Waals surface area contributed by atoms with Gasteiger partial charge in [0, 0.05) is 11.1 Å². The quantitative estimate of drug-likeness (QED) is 0.351. The highest BCUT2D eigenvalue weighted by Crippen LogP contribution is 2.27. The highest BCUT2D eigenvalue weighted by Gasteiger charge is 2.03. The molecule has 0 bridgehead atoms. The first-order valence-electron chi connectivity index (χ1n) is 7.76. The van der Waals surface area contributed by atoms with Crippen LogP contribution < -0.4 is 4.74 Å². The van der Waals surface area contributed by atoms with E-state index in [0.29, 0.717) is 21.5 Å². The molecule has 1 heterocycles. The van der Waals surface area contributed by atoms with Gasteiger partial charge in [0.2, 0.25) is 0 Å². The Morgan fingerprint density at radius 1 is 1.08 bits per heavy atom. The van der Waals surface area contributed by atoms with Crippen LogP contribution in [0.15, 0.2) is 54.7 Å². The van der Waals surface area contributed by atoms with E-state index in [1.54, 1.807) is 30.5 Å². The van der Waals surface area contributed by atoms with Gasteiger partial charge < -0.3 is 9.47 Å². The summed E-state index contributed by atoms with van der Waals surface area (Å²) < 4.78 is 10.5. The third-order valence-corrected chi connectivity index (χ3v) is 3.87. The van der Waals surface area contributed by atoms with Crippen molar-refractivity contribution in [2.45, 2.75) is 0 Å². The molecule has 0 atom stereocenters. The number of carbonyl (C=O) groups excluding carboxylic acids is 1. The second-order valence-corrected chi connectivity index (χ2v) is 6.05. The summed E-state index contributed by atoms with van der Waals surface area (Å²) in [6.45, 7) is 0.266. The molecule has 0 aliphatic heterocycles. The average Bonchev–Trinajstić information content (AvgIpc) is 2.65. The minimum Gasteiger partial charge on any atom is -0.488 e. The minimum absolute atomic E-state index is 0.0888. The van der Waals surface area contributed by atoms with Gasteiger partial charge in [-0.25, -0.2) is 9.78 Å². The van der Waals surface area contributed by atoms with Gasteiger partial charge in [-0.05, 0) is 36.4 Å². The van der Waals surface area contributed by atoms with Crippen molar-refractivity contribution < 1.29 is 14.3 Å². The third kappa shape index (κ3) is 4.94. The van der Waals surface area contributed by atoms with Crippen molar-refractivity contribution in [3.05, 3.63) is 70.5 Å². The fourth-order valence-corrected chi connectivity index (χ4v) is 2.60. The van der Waals surface area contributed by atoms with Crippen molar-refractivity contribution in [2.24, 2.45) is 0 Å². The molecule has 0 N–H and O–H groups in total. The highest BCUT2D eigenvalue weighted by molar-refractivity contribution is 6.35. The number of para-hydroxylation sites is 2. The summed E-state index contributed by atoms with van der Waals surface area (Å²) in [5.74, 6) is -0.0140. The molecule has 26 heavy (non-hydrogen) atoms. The smallest absolute Gasteiger partial charge is 0.330 e. The molecule has 3 rings (SSSR count). The highest BCUT2D eigenvalue weighted by atomic mass is 35.5. The molecule has 5 nitrogen and oxygen atoms in total. The lowest BCUT2D eigenvalue weighted by Crippen LogP contribution is -2.10. The Morgan fingerprint density at radius 2 is 1.88 bits per heavy atom. The summed E-state index contributed by atoms with van der Waals surface area (Å²) in [7, 11) is 0. The maximum Gasteiger partial charge on any atom is 0.330 e. The zero-order valence-electron chi connectivity index (χ0n) is 13.6. The normalized spacial score (nSPS) is 11.0. The van der Waals surface area contributed by atoms with Crippen molar-refractivity contribution in [1.82, 2.24) is 9.97 Å². The SMILES string of the molecule is O=C(/C=C/c1cnc2ccccc2n1)OCCOc1ccc(Cl)cc1Cl. The summed E-state index contributed by atoms with van der Waals surface area (Å²) in [5.41, 5.74) is 2.13. The topological polar surface area (TPSA) is 61.3 Å². The van der Waals surface area contributed by atoms with Crippen molar-refractivity contribution in [1.29, 1.82) is 0 Å². The minimum atomic E-state index is -0.495. The first kappa shape index (κ1) is 18.2. The third-order valence-electron chi connectivity index (χ3n) is 3.34. The van der Waals surface area contributed by atoms with Crippen LogP contribution in [0.3, 0.4) is 0 Å². The Bertz CT molecular complexity index is 960. The van der Waals surface area contributed by atoms with Gasteiger partial charge in [0.05, 0.1) is 27.9 Å². The van der Waals surface area contributed by atoms with E-state index in [1.807, 2.05) is 24.3 Å². The number of nitrogens with zero attached hydrogens (tertiary/aromatic N) is 2. The van der Waals surface area contributed by atoms with Crippen molar-refractivity contribution in [2.75, 3.05) is 13.2 Å². The molecular formula is C19H14Cl2N2O3. The molecule has 132 valence electrons. The molecule has 1 aromatic heterocycles. The van der Waals surface area contributed by atoms with Crippen molar-refractivity contribution in [3.8, 4) is 5.75 Å². The zero-order valence-corrected chi connectivity index (χ0v) is 15.1. The van der Waals surface area contributed by atoms with Crippen LogP contribution in [0.2, 0.25) is 10.0 Å². The van der Waals surface area contributed by atoms with Crippen LogP contribution in [0.5, 0.6) is 5.75 Å². The number of benzene rings is 2. The van der Waals surface area contributed by atoms with Crippen molar-refractivity contribution >= 4 is 46.3 Å². The molecule has 0 spiro atoms. The summed E-state index contributed by atoms with van der Waals surface area (Å²) >= 11 is 11.8. The van der Waals surface area contributed by atoms with Crippen LogP contribution in [0.1, 0.15) is 5.69 Å². The van der Waals surface area contributed by atoms with E-state index in [0.717, 1.165) is 11.0 Å². The number of hydrogen-bond acceptors (Lipinski definition) is 5. The lowest BCUT2D eigenvalue weighted by Gasteiger charge is -2.08. The van der Waals surface area contributed by atoms with E-state index in [-0.39, 0.29) is 13.2 Å². The van der Waals surface area contributed by atoms with Crippen LogP contribution in [0, 0.1) is 0 Å². The molecule has 0 amide bonds. The fraction of sp³-hybridized carbons (Fsp3) is 0.105. The molecule has 2 aromatic carbocycles. The summed E-state index contributed by atoms with van der Waals surface area (Å²) in [4.78, 5) is 20.4. The molecule has 3 aromatic rings. The molecule has 0 unspecified atom stereocenters. The summed E-state index contributed by atoms with van der Waals surface area (Å²) in [6, 6.07) is 12.4. The number of esters is 1. The first-order chi connectivity index (χ1) is 12.6. The zero-order chi connectivity index (χ0) is 18.4. The lowest BCUT2D eigenvalue weighted by atomic mass is 10.3. The number of rotatable bonds is 6. The maximum absolute atomic E-state index is 11.7. The Kier molecular flexibility index (Phi) is 6.04. The predicted molar refractivity (Wildman–Crippen MR) is 101 cm³/mol. The van der Waals surface area contributed by atoms with E-state index >= 15 is 0 Å². The van der Waals surface area contributed by atoms with E-state index < -0.39 is 5.97 Å². The molecule has 0 saturated heterocycles. The number of halogens is 2. The van der Waals surface area contributed by atoms with Crippen molar-refractivity contribution in [3.63, 3.8) is 0 Å². The van der Waals surface area contributed by atoms with E-state index in [9.17, 15) is 4.79 Å². The second kappa shape index (κ2) is 8.65. The molecule has 0 radical (unpaired) electrons. The van der Waals surface area contributed by atoms with E-state index in [4.69, 9.17) is 32.7 Å². The molecule has 7 heteroatoms. The average molecular weight is 389 g/mol. The van der Waals surface area contributed by atoms with Gasteiger partial charge >= 0.3 is 5.97 Å². The van der Waals surface area contributed by atoms with E-state index in [1.165, 1.54) is 6.08 Å². The monoisotopic (exact) mass is 388 g/mol. The molecular weight excluding hydrogens is 375 g/mol. The van der Waals surface area contributed by atoms with Gasteiger partial charge in [-0.3, -0.25) is 4.98 Å². The van der Waals surface area contributed by atoms with Crippen LogP contribution >= 0.6 is 23.2 Å². The number of carbonyl (C=O) groups is 1. The molecule has 0 fully saturated rings. The second-order valence-electron chi connectivity index (χ2n) is 5.21.